The molecule has 0 aliphatic carbocycles. The van der Waals surface area contributed by atoms with Gasteiger partial charge in [-0.05, 0) is 55.9 Å². The van der Waals surface area contributed by atoms with Gasteiger partial charge in [-0.1, -0.05) is 62.4 Å². The summed E-state index contributed by atoms with van der Waals surface area (Å²) in [5, 5.41) is 3.05. The monoisotopic (exact) mass is 394 g/mol. The largest absolute Gasteiger partial charge is 0.352 e. The quantitative estimate of drug-likeness (QED) is 0.677. The maximum Gasteiger partial charge on any atom is 0.243 e. The van der Waals surface area contributed by atoms with Crippen LogP contribution in [-0.2, 0) is 22.6 Å². The Labute approximate surface area is 175 Å². The number of hydrogen-bond acceptors (Lipinski definition) is 2. The van der Waals surface area contributed by atoms with E-state index in [4.69, 9.17) is 0 Å². The summed E-state index contributed by atoms with van der Waals surface area (Å²) < 4.78 is 0. The van der Waals surface area contributed by atoms with Crippen LogP contribution in [0.1, 0.15) is 55.9 Å². The Morgan fingerprint density at radius 1 is 0.931 bits per heavy atom. The van der Waals surface area contributed by atoms with Crippen LogP contribution in [0.15, 0.2) is 48.5 Å². The van der Waals surface area contributed by atoms with E-state index in [1.54, 1.807) is 4.90 Å². The third-order valence-electron chi connectivity index (χ3n) is 5.51. The number of carbonyl (C=O) groups excluding carboxylic acids is 2. The Morgan fingerprint density at radius 2 is 1.62 bits per heavy atom. The van der Waals surface area contributed by atoms with Gasteiger partial charge in [0.05, 0.1) is 6.42 Å². The summed E-state index contributed by atoms with van der Waals surface area (Å²) in [4.78, 5) is 28.0. The van der Waals surface area contributed by atoms with Crippen LogP contribution in [0.5, 0.6) is 0 Å². The van der Waals surface area contributed by atoms with Gasteiger partial charge in [-0.3, -0.25) is 9.59 Å². The molecule has 0 fully saturated rings. The van der Waals surface area contributed by atoms with Crippen molar-refractivity contribution in [1.82, 2.24) is 10.2 Å². The zero-order valence-corrected chi connectivity index (χ0v) is 18.4. The molecule has 2 aromatic carbocycles. The van der Waals surface area contributed by atoms with Gasteiger partial charge in [0.25, 0.3) is 0 Å². The summed E-state index contributed by atoms with van der Waals surface area (Å²) in [5.74, 6) is -0.102. The topological polar surface area (TPSA) is 49.4 Å². The summed E-state index contributed by atoms with van der Waals surface area (Å²) >= 11 is 0. The minimum atomic E-state index is -0.483. The van der Waals surface area contributed by atoms with E-state index in [0.717, 1.165) is 17.5 Å². The molecule has 0 aromatic heterocycles. The number of hydrogen-bond donors (Lipinski definition) is 1. The van der Waals surface area contributed by atoms with E-state index >= 15 is 0 Å². The zero-order valence-electron chi connectivity index (χ0n) is 18.4. The smallest absolute Gasteiger partial charge is 0.243 e. The fourth-order valence-electron chi connectivity index (χ4n) is 3.33. The van der Waals surface area contributed by atoms with Crippen LogP contribution >= 0.6 is 0 Å². The van der Waals surface area contributed by atoms with Crippen molar-refractivity contribution in [2.75, 3.05) is 0 Å². The van der Waals surface area contributed by atoms with Gasteiger partial charge in [-0.25, -0.2) is 0 Å². The predicted molar refractivity (Wildman–Crippen MR) is 119 cm³/mol. The first-order valence-electron chi connectivity index (χ1n) is 10.6. The molecule has 0 heterocycles. The van der Waals surface area contributed by atoms with Crippen LogP contribution in [0, 0.1) is 13.8 Å². The van der Waals surface area contributed by atoms with E-state index in [-0.39, 0.29) is 17.9 Å². The van der Waals surface area contributed by atoms with Gasteiger partial charge in [0.15, 0.2) is 0 Å². The van der Waals surface area contributed by atoms with Crippen LogP contribution in [0.4, 0.5) is 0 Å². The average Bonchev–Trinajstić information content (AvgIpc) is 2.71. The van der Waals surface area contributed by atoms with Crippen LogP contribution in [0.3, 0.4) is 0 Å². The van der Waals surface area contributed by atoms with Gasteiger partial charge in [-0.2, -0.15) is 0 Å². The van der Waals surface area contributed by atoms with Crippen molar-refractivity contribution in [3.8, 4) is 0 Å². The highest BCUT2D eigenvalue weighted by Gasteiger charge is 2.29. The molecule has 0 aliphatic heterocycles. The molecule has 2 atom stereocenters. The molecular weight excluding hydrogens is 360 g/mol. The van der Waals surface area contributed by atoms with E-state index < -0.39 is 6.04 Å². The van der Waals surface area contributed by atoms with E-state index in [2.05, 4.69) is 25.2 Å². The van der Waals surface area contributed by atoms with Crippen molar-refractivity contribution < 1.29 is 9.59 Å². The first-order valence-corrected chi connectivity index (χ1v) is 10.6. The third kappa shape index (κ3) is 6.45. The lowest BCUT2D eigenvalue weighted by molar-refractivity contribution is -0.141. The van der Waals surface area contributed by atoms with E-state index in [9.17, 15) is 9.59 Å². The highest BCUT2D eigenvalue weighted by atomic mass is 16.2. The number of amides is 2. The first-order chi connectivity index (χ1) is 13.8. The molecule has 2 amide bonds. The summed E-state index contributed by atoms with van der Waals surface area (Å²) in [6, 6.07) is 15.6. The van der Waals surface area contributed by atoms with Crippen molar-refractivity contribution >= 4 is 11.8 Å². The lowest BCUT2D eigenvalue weighted by Gasteiger charge is -2.31. The molecule has 0 aliphatic rings. The van der Waals surface area contributed by atoms with Crippen LogP contribution < -0.4 is 5.32 Å². The number of nitrogens with one attached hydrogen (secondary N) is 1. The molecular formula is C25H34N2O2. The van der Waals surface area contributed by atoms with Crippen molar-refractivity contribution in [3.63, 3.8) is 0 Å². The van der Waals surface area contributed by atoms with E-state index in [1.807, 2.05) is 63.2 Å². The second kappa shape index (κ2) is 10.8. The third-order valence-corrected chi connectivity index (χ3v) is 5.51. The van der Waals surface area contributed by atoms with Gasteiger partial charge in [0, 0.05) is 12.6 Å². The second-order valence-electron chi connectivity index (χ2n) is 7.84. The second-order valence-corrected chi connectivity index (χ2v) is 7.84. The first kappa shape index (κ1) is 22.7. The van der Waals surface area contributed by atoms with Crippen LogP contribution in [0.2, 0.25) is 0 Å². The van der Waals surface area contributed by atoms with Gasteiger partial charge in [0.2, 0.25) is 11.8 Å². The summed E-state index contributed by atoms with van der Waals surface area (Å²) in [6.45, 7) is 10.5. The Balaban J connectivity index is 2.27. The molecule has 156 valence electrons. The fraction of sp³-hybridized carbons (Fsp3) is 0.440. The van der Waals surface area contributed by atoms with Crippen molar-refractivity contribution in [1.29, 1.82) is 0 Å². The molecule has 2 unspecified atom stereocenters. The van der Waals surface area contributed by atoms with Crippen molar-refractivity contribution in [3.05, 3.63) is 70.8 Å². The zero-order chi connectivity index (χ0) is 21.4. The maximum absolute atomic E-state index is 13.3. The van der Waals surface area contributed by atoms with E-state index in [1.165, 1.54) is 11.1 Å². The van der Waals surface area contributed by atoms with Gasteiger partial charge in [-0.15, -0.1) is 0 Å². The minimum absolute atomic E-state index is 0.0248. The SMILES string of the molecule is CCC(C)NC(=O)C(CC)N(Cc1ccccc1)C(=O)Cc1ccc(C)c(C)c1. The average molecular weight is 395 g/mol. The molecule has 0 bridgehead atoms. The van der Waals surface area contributed by atoms with E-state index in [0.29, 0.717) is 19.4 Å². The standard InChI is InChI=1S/C25H34N2O2/c1-6-20(5)26-25(29)23(7-2)27(17-21-11-9-8-10-12-21)24(28)16-22-14-13-18(3)19(4)15-22/h8-15,20,23H,6-7,16-17H2,1-5H3,(H,26,29). The Bertz CT molecular complexity index is 817. The molecule has 0 saturated heterocycles. The normalized spacial score (nSPS) is 12.9. The highest BCUT2D eigenvalue weighted by Crippen LogP contribution is 2.16. The summed E-state index contributed by atoms with van der Waals surface area (Å²) in [7, 11) is 0. The molecule has 0 spiro atoms. The number of aryl methyl sites for hydroxylation is 2. The number of carbonyl (C=O) groups is 2. The molecule has 2 aromatic rings. The maximum atomic E-state index is 13.3. The Hall–Kier alpha value is -2.62. The Kier molecular flexibility index (Phi) is 8.44. The molecule has 4 nitrogen and oxygen atoms in total. The minimum Gasteiger partial charge on any atom is -0.352 e. The number of nitrogens with zero attached hydrogens (tertiary/aromatic N) is 1. The highest BCUT2D eigenvalue weighted by molar-refractivity contribution is 5.88. The molecule has 4 heteroatoms. The van der Waals surface area contributed by atoms with Gasteiger partial charge < -0.3 is 10.2 Å². The fourth-order valence-corrected chi connectivity index (χ4v) is 3.33. The molecule has 0 saturated carbocycles. The predicted octanol–water partition coefficient (Wildman–Crippen LogP) is 4.57. The van der Waals surface area contributed by atoms with Crippen LogP contribution in [0.25, 0.3) is 0 Å². The van der Waals surface area contributed by atoms with Crippen molar-refractivity contribution in [2.24, 2.45) is 0 Å². The Morgan fingerprint density at radius 3 is 2.21 bits per heavy atom. The molecule has 2 rings (SSSR count). The van der Waals surface area contributed by atoms with Gasteiger partial charge >= 0.3 is 0 Å². The summed E-state index contributed by atoms with van der Waals surface area (Å²) in [5.41, 5.74) is 4.39. The molecule has 29 heavy (non-hydrogen) atoms. The summed E-state index contributed by atoms with van der Waals surface area (Å²) in [6.07, 6.45) is 1.73. The molecule has 0 radical (unpaired) electrons. The number of rotatable bonds is 9. The number of benzene rings is 2. The van der Waals surface area contributed by atoms with Gasteiger partial charge in [0.1, 0.15) is 6.04 Å². The van der Waals surface area contributed by atoms with Crippen molar-refractivity contribution in [2.45, 2.75) is 72.5 Å². The van der Waals surface area contributed by atoms with Crippen LogP contribution in [-0.4, -0.2) is 28.8 Å². The molecule has 1 N–H and O–H groups in total. The lowest BCUT2D eigenvalue weighted by Crippen LogP contribution is -2.51. The lowest BCUT2D eigenvalue weighted by atomic mass is 10.0.